The Morgan fingerprint density at radius 1 is 1.30 bits per heavy atom. The molecule has 0 bridgehead atoms. The first-order valence-corrected chi connectivity index (χ1v) is 9.34. The van der Waals surface area contributed by atoms with E-state index in [0.29, 0.717) is 9.87 Å². The maximum Gasteiger partial charge on any atom is 0.257 e. The second-order valence-electron chi connectivity index (χ2n) is 4.48. The molecule has 10 heteroatoms. The van der Waals surface area contributed by atoms with Gasteiger partial charge < -0.3 is 0 Å². The normalized spacial score (nSPS) is 11.7. The Balaban J connectivity index is 2.38. The van der Waals surface area contributed by atoms with Crippen molar-refractivity contribution in [2.75, 3.05) is 10.8 Å². The topological polar surface area (TPSA) is 63.2 Å². The van der Waals surface area contributed by atoms with Crippen molar-refractivity contribution in [2.45, 2.75) is 12.2 Å². The zero-order valence-corrected chi connectivity index (χ0v) is 15.3. The molecule has 1 heterocycles. The number of nitrogens with zero attached hydrogens (tertiary/aromatic N) is 3. The van der Waals surface area contributed by atoms with Gasteiger partial charge >= 0.3 is 0 Å². The molecule has 124 valence electrons. The van der Waals surface area contributed by atoms with Crippen molar-refractivity contribution >= 4 is 50.0 Å². The highest BCUT2D eigenvalue weighted by Crippen LogP contribution is 2.24. The first-order valence-electron chi connectivity index (χ1n) is 6.28. The van der Waals surface area contributed by atoms with Gasteiger partial charge in [-0.2, -0.15) is 0 Å². The third-order valence-electron chi connectivity index (χ3n) is 2.79. The van der Waals surface area contributed by atoms with Gasteiger partial charge in [-0.15, -0.1) is 0 Å². The minimum atomic E-state index is -4.10. The van der Waals surface area contributed by atoms with E-state index in [4.69, 9.17) is 11.6 Å². The van der Waals surface area contributed by atoms with Crippen LogP contribution in [-0.2, 0) is 15.8 Å². The number of aromatic nitrogens is 2. The monoisotopic (exact) mass is 473 g/mol. The average molecular weight is 474 g/mol. The van der Waals surface area contributed by atoms with Crippen molar-refractivity contribution in [3.05, 3.63) is 50.9 Å². The van der Waals surface area contributed by atoms with Crippen molar-refractivity contribution in [1.82, 2.24) is 9.97 Å². The molecular formula is C13H11ClF2IN3O2S. The lowest BCUT2D eigenvalue weighted by Crippen LogP contribution is -2.36. The smallest absolute Gasteiger partial charge is 0.257 e. The van der Waals surface area contributed by atoms with Crippen LogP contribution in [0.5, 0.6) is 0 Å². The Bertz CT molecular complexity index is 778. The van der Waals surface area contributed by atoms with Crippen molar-refractivity contribution in [3.63, 3.8) is 0 Å². The first kappa shape index (κ1) is 18.3. The van der Waals surface area contributed by atoms with Gasteiger partial charge in [-0.25, -0.2) is 26.5 Å². The molecule has 0 aliphatic heterocycles. The van der Waals surface area contributed by atoms with Gasteiger partial charge in [-0.05, 0) is 46.4 Å². The highest BCUT2D eigenvalue weighted by Gasteiger charge is 2.28. The van der Waals surface area contributed by atoms with E-state index in [1.807, 2.05) is 22.6 Å². The van der Waals surface area contributed by atoms with Crippen LogP contribution in [0.2, 0.25) is 5.02 Å². The highest BCUT2D eigenvalue weighted by atomic mass is 127. The van der Waals surface area contributed by atoms with E-state index in [9.17, 15) is 17.2 Å². The molecule has 0 amide bonds. The van der Waals surface area contributed by atoms with Crippen molar-refractivity contribution in [2.24, 2.45) is 0 Å². The van der Waals surface area contributed by atoms with E-state index >= 15 is 0 Å². The third-order valence-corrected chi connectivity index (χ3v) is 5.51. The third kappa shape index (κ3) is 4.95. The molecule has 1 aromatic carbocycles. The maximum atomic E-state index is 12.8. The quantitative estimate of drug-likeness (QED) is 0.604. The molecule has 0 saturated heterocycles. The number of hydrogen-bond donors (Lipinski definition) is 0. The Morgan fingerprint density at radius 3 is 2.65 bits per heavy atom. The highest BCUT2D eigenvalue weighted by molar-refractivity contribution is 14.1. The van der Waals surface area contributed by atoms with Crippen LogP contribution in [-0.4, -0.2) is 31.4 Å². The van der Waals surface area contributed by atoms with Crippen LogP contribution in [0.3, 0.4) is 0 Å². The van der Waals surface area contributed by atoms with Crippen LogP contribution in [0.4, 0.5) is 14.6 Å². The molecule has 2 aromatic rings. The summed E-state index contributed by atoms with van der Waals surface area (Å²) in [6, 6.07) is 4.88. The predicted octanol–water partition coefficient (Wildman–Crippen LogP) is 3.34. The van der Waals surface area contributed by atoms with Crippen LogP contribution in [0.15, 0.2) is 36.8 Å². The zero-order valence-electron chi connectivity index (χ0n) is 11.5. The first-order chi connectivity index (χ1) is 10.8. The number of sulfonamides is 1. The predicted molar refractivity (Wildman–Crippen MR) is 92.2 cm³/mol. The molecule has 0 N–H and O–H groups in total. The van der Waals surface area contributed by atoms with Crippen LogP contribution < -0.4 is 4.31 Å². The Hall–Kier alpha value is -1.07. The molecule has 0 radical (unpaired) electrons. The summed E-state index contributed by atoms with van der Waals surface area (Å²) >= 11 is 8.01. The summed E-state index contributed by atoms with van der Waals surface area (Å²) in [5, 5.41) is 0.255. The summed E-state index contributed by atoms with van der Waals surface area (Å²) in [6.45, 7) is -0.997. The molecule has 1 aromatic heterocycles. The van der Waals surface area contributed by atoms with Crippen LogP contribution in [0, 0.1) is 3.57 Å². The van der Waals surface area contributed by atoms with E-state index in [1.165, 1.54) is 12.4 Å². The number of halogens is 4. The summed E-state index contributed by atoms with van der Waals surface area (Å²) in [7, 11) is -4.10. The van der Waals surface area contributed by atoms with Gasteiger partial charge in [0.25, 0.3) is 6.43 Å². The molecule has 0 atom stereocenters. The van der Waals surface area contributed by atoms with E-state index in [1.54, 1.807) is 18.2 Å². The number of benzene rings is 1. The van der Waals surface area contributed by atoms with Crippen LogP contribution in [0.25, 0.3) is 0 Å². The molecule has 0 spiro atoms. The van der Waals surface area contributed by atoms with Crippen molar-refractivity contribution < 1.29 is 17.2 Å². The number of rotatable bonds is 6. The fraction of sp³-hybridized carbons (Fsp3) is 0.231. The lowest BCUT2D eigenvalue weighted by molar-refractivity contribution is 0.159. The van der Waals surface area contributed by atoms with E-state index < -0.39 is 28.7 Å². The lowest BCUT2D eigenvalue weighted by atomic mass is 10.2. The van der Waals surface area contributed by atoms with Gasteiger partial charge in [-0.3, -0.25) is 4.98 Å². The lowest BCUT2D eigenvalue weighted by Gasteiger charge is -2.22. The molecule has 0 aliphatic rings. The molecule has 0 unspecified atom stereocenters. The molecule has 23 heavy (non-hydrogen) atoms. The van der Waals surface area contributed by atoms with Crippen LogP contribution in [0.1, 0.15) is 5.56 Å². The molecule has 0 saturated carbocycles. The Kier molecular flexibility index (Phi) is 6.09. The molecule has 0 fully saturated rings. The second kappa shape index (κ2) is 7.67. The van der Waals surface area contributed by atoms with Gasteiger partial charge in [0.2, 0.25) is 10.0 Å². The zero-order chi connectivity index (χ0) is 17.0. The van der Waals surface area contributed by atoms with Gasteiger partial charge in [0.1, 0.15) is 0 Å². The van der Waals surface area contributed by atoms with Gasteiger partial charge in [0.15, 0.2) is 5.82 Å². The summed E-state index contributed by atoms with van der Waals surface area (Å²) in [6.07, 6.45) is 0.837. The summed E-state index contributed by atoms with van der Waals surface area (Å²) in [5.41, 5.74) is 0.335. The van der Waals surface area contributed by atoms with Crippen molar-refractivity contribution in [3.8, 4) is 0 Å². The summed E-state index contributed by atoms with van der Waals surface area (Å²) in [4.78, 5) is 7.52. The molecule has 0 aliphatic carbocycles. The Labute approximate surface area is 150 Å². The van der Waals surface area contributed by atoms with Gasteiger partial charge in [0, 0.05) is 21.0 Å². The molecule has 5 nitrogen and oxygen atoms in total. The van der Waals surface area contributed by atoms with E-state index in [-0.39, 0.29) is 10.8 Å². The second-order valence-corrected chi connectivity index (χ2v) is 8.02. The largest absolute Gasteiger partial charge is 0.259 e. The maximum absolute atomic E-state index is 12.8. The summed E-state index contributed by atoms with van der Waals surface area (Å²) < 4.78 is 52.1. The number of alkyl halides is 2. The van der Waals surface area contributed by atoms with E-state index in [0.717, 1.165) is 9.77 Å². The SMILES string of the molecule is O=S(=O)(Cc1cc(I)ccc1Cl)N(CC(F)F)c1cnccn1. The standard InChI is InChI=1S/C13H11ClF2IN3O2S/c14-11-2-1-10(17)5-9(11)8-23(21,22)20(7-12(15)16)13-6-18-3-4-19-13/h1-6,12H,7-8H2. The number of hydrogen-bond acceptors (Lipinski definition) is 4. The van der Waals surface area contributed by atoms with Gasteiger partial charge in [0.05, 0.1) is 18.5 Å². The molecular weight excluding hydrogens is 463 g/mol. The van der Waals surface area contributed by atoms with Gasteiger partial charge in [-0.1, -0.05) is 11.6 Å². The minimum absolute atomic E-state index is 0.158. The van der Waals surface area contributed by atoms with Crippen molar-refractivity contribution in [1.29, 1.82) is 0 Å². The fourth-order valence-electron chi connectivity index (χ4n) is 1.82. The van der Waals surface area contributed by atoms with E-state index in [2.05, 4.69) is 9.97 Å². The summed E-state index contributed by atoms with van der Waals surface area (Å²) in [5.74, 6) is -0.666. The number of anilines is 1. The Morgan fingerprint density at radius 2 is 2.04 bits per heavy atom. The minimum Gasteiger partial charge on any atom is -0.259 e. The van der Waals surface area contributed by atoms with Crippen LogP contribution >= 0.6 is 34.2 Å². The average Bonchev–Trinajstić information content (AvgIpc) is 2.49. The molecule has 2 rings (SSSR count). The fourth-order valence-corrected chi connectivity index (χ4v) is 4.15.